The van der Waals surface area contributed by atoms with E-state index in [9.17, 15) is 8.42 Å². The molecule has 0 fully saturated rings. The van der Waals surface area contributed by atoms with Gasteiger partial charge >= 0.3 is 0 Å². The van der Waals surface area contributed by atoms with Crippen molar-refractivity contribution >= 4 is 9.84 Å². The third kappa shape index (κ3) is 4.14. The number of hydrogen-bond acceptors (Lipinski definition) is 4. The van der Waals surface area contributed by atoms with Crippen molar-refractivity contribution in [2.45, 2.75) is 46.7 Å². The van der Waals surface area contributed by atoms with Crippen LogP contribution in [0.1, 0.15) is 43.9 Å². The summed E-state index contributed by atoms with van der Waals surface area (Å²) in [5.41, 5.74) is 1.09. The topological polar surface area (TPSA) is 59.3 Å². The first-order chi connectivity index (χ1) is 8.25. The Morgan fingerprint density at radius 2 is 1.94 bits per heavy atom. The number of sulfone groups is 1. The highest BCUT2D eigenvalue weighted by atomic mass is 32.2. The van der Waals surface area contributed by atoms with Gasteiger partial charge in [-0.05, 0) is 33.8 Å². The minimum absolute atomic E-state index is 0.0699. The van der Waals surface area contributed by atoms with Gasteiger partial charge < -0.3 is 9.73 Å². The van der Waals surface area contributed by atoms with Crippen molar-refractivity contribution in [2.24, 2.45) is 0 Å². The predicted octanol–water partition coefficient (Wildman–Crippen LogP) is 2.37. The molecule has 0 aromatic carbocycles. The first-order valence-corrected chi connectivity index (χ1v) is 8.10. The van der Waals surface area contributed by atoms with E-state index in [4.69, 9.17) is 4.42 Å². The van der Waals surface area contributed by atoms with Crippen molar-refractivity contribution < 1.29 is 12.8 Å². The fourth-order valence-corrected chi connectivity index (χ4v) is 3.24. The van der Waals surface area contributed by atoms with Gasteiger partial charge in [-0.15, -0.1) is 0 Å². The first kappa shape index (κ1) is 15.2. The third-order valence-electron chi connectivity index (χ3n) is 3.02. The van der Waals surface area contributed by atoms with Crippen molar-refractivity contribution in [2.75, 3.05) is 11.5 Å². The Bertz CT molecular complexity index is 490. The molecule has 1 heterocycles. The molecule has 104 valence electrons. The summed E-state index contributed by atoms with van der Waals surface area (Å²) in [4.78, 5) is 0. The molecule has 4 nitrogen and oxygen atoms in total. The molecule has 2 atom stereocenters. The average Bonchev–Trinajstić information content (AvgIpc) is 2.57. The standard InChI is InChI=1S/C13H23NO3S/c1-6-18(15,16)8-9(2)14-11(4)13-7-10(3)17-12(13)5/h7,9,11,14H,6,8H2,1-5H3. The van der Waals surface area contributed by atoms with E-state index < -0.39 is 9.84 Å². The molecule has 0 spiro atoms. The highest BCUT2D eigenvalue weighted by Gasteiger charge is 2.18. The molecule has 0 aliphatic carbocycles. The molecule has 1 aromatic rings. The maximum absolute atomic E-state index is 11.5. The Morgan fingerprint density at radius 1 is 1.33 bits per heavy atom. The van der Waals surface area contributed by atoms with Crippen LogP contribution in [0.2, 0.25) is 0 Å². The fraction of sp³-hybridized carbons (Fsp3) is 0.692. The Hall–Kier alpha value is -0.810. The molecule has 5 heteroatoms. The summed E-state index contributed by atoms with van der Waals surface area (Å²) in [6.07, 6.45) is 0. The van der Waals surface area contributed by atoms with Crippen molar-refractivity contribution in [3.63, 3.8) is 0 Å². The van der Waals surface area contributed by atoms with Crippen LogP contribution in [-0.2, 0) is 9.84 Å². The van der Waals surface area contributed by atoms with Crippen LogP contribution in [0.3, 0.4) is 0 Å². The maximum Gasteiger partial charge on any atom is 0.151 e. The Kier molecular flexibility index (Phi) is 4.99. The smallest absolute Gasteiger partial charge is 0.151 e. The van der Waals surface area contributed by atoms with Gasteiger partial charge in [-0.25, -0.2) is 8.42 Å². The summed E-state index contributed by atoms with van der Waals surface area (Å²) in [6.45, 7) is 9.43. The summed E-state index contributed by atoms with van der Waals surface area (Å²) in [6, 6.07) is 2.01. The molecule has 0 aliphatic rings. The minimum Gasteiger partial charge on any atom is -0.466 e. The average molecular weight is 273 g/mol. The zero-order valence-electron chi connectivity index (χ0n) is 11.8. The maximum atomic E-state index is 11.5. The largest absolute Gasteiger partial charge is 0.466 e. The number of hydrogen-bond donors (Lipinski definition) is 1. The number of rotatable bonds is 6. The van der Waals surface area contributed by atoms with E-state index in [1.807, 2.05) is 33.8 Å². The second-order valence-corrected chi connectivity index (χ2v) is 7.25. The summed E-state index contributed by atoms with van der Waals surface area (Å²) in [5.74, 6) is 2.13. The van der Waals surface area contributed by atoms with Gasteiger partial charge in [-0.2, -0.15) is 0 Å². The SMILES string of the molecule is CCS(=O)(=O)CC(C)NC(C)c1cc(C)oc1C. The number of aryl methyl sites for hydroxylation is 2. The van der Waals surface area contributed by atoms with Crippen LogP contribution >= 0.6 is 0 Å². The van der Waals surface area contributed by atoms with Gasteiger partial charge in [0.2, 0.25) is 0 Å². The lowest BCUT2D eigenvalue weighted by Gasteiger charge is -2.19. The lowest BCUT2D eigenvalue weighted by molar-refractivity contribution is 0.473. The van der Waals surface area contributed by atoms with Crippen molar-refractivity contribution in [1.82, 2.24) is 5.32 Å². The quantitative estimate of drug-likeness (QED) is 0.864. The molecule has 1 N–H and O–H groups in total. The molecule has 0 saturated carbocycles. The van der Waals surface area contributed by atoms with E-state index in [2.05, 4.69) is 5.32 Å². The van der Waals surface area contributed by atoms with Gasteiger partial charge in [-0.3, -0.25) is 0 Å². The van der Waals surface area contributed by atoms with Gasteiger partial charge in [0.15, 0.2) is 9.84 Å². The lowest BCUT2D eigenvalue weighted by atomic mass is 10.1. The Balaban J connectivity index is 2.65. The number of furan rings is 1. The van der Waals surface area contributed by atoms with E-state index in [-0.39, 0.29) is 23.6 Å². The monoisotopic (exact) mass is 273 g/mol. The molecular weight excluding hydrogens is 250 g/mol. The molecule has 2 unspecified atom stereocenters. The van der Waals surface area contributed by atoms with Crippen LogP contribution in [0.5, 0.6) is 0 Å². The molecule has 18 heavy (non-hydrogen) atoms. The van der Waals surface area contributed by atoms with Crippen LogP contribution < -0.4 is 5.32 Å². The highest BCUT2D eigenvalue weighted by molar-refractivity contribution is 7.91. The van der Waals surface area contributed by atoms with Gasteiger partial charge in [0, 0.05) is 23.4 Å². The summed E-state index contributed by atoms with van der Waals surface area (Å²) >= 11 is 0. The molecule has 0 bridgehead atoms. The van der Waals surface area contributed by atoms with Crippen LogP contribution in [0, 0.1) is 13.8 Å². The molecular formula is C13H23NO3S. The van der Waals surface area contributed by atoms with Gasteiger partial charge in [0.1, 0.15) is 11.5 Å². The van der Waals surface area contributed by atoms with Gasteiger partial charge in [-0.1, -0.05) is 6.92 Å². The summed E-state index contributed by atoms with van der Waals surface area (Å²) < 4.78 is 28.6. The first-order valence-electron chi connectivity index (χ1n) is 6.28. The second-order valence-electron chi connectivity index (χ2n) is 4.86. The predicted molar refractivity (Wildman–Crippen MR) is 73.5 cm³/mol. The zero-order chi connectivity index (χ0) is 13.9. The van der Waals surface area contributed by atoms with Crippen LogP contribution in [0.15, 0.2) is 10.5 Å². The number of nitrogens with one attached hydrogen (secondary N) is 1. The van der Waals surface area contributed by atoms with Crippen molar-refractivity contribution in [1.29, 1.82) is 0 Å². The van der Waals surface area contributed by atoms with E-state index in [0.29, 0.717) is 0 Å². The van der Waals surface area contributed by atoms with E-state index >= 15 is 0 Å². The van der Waals surface area contributed by atoms with Crippen LogP contribution in [0.25, 0.3) is 0 Å². The normalized spacial score (nSPS) is 15.6. The van der Waals surface area contributed by atoms with Crippen LogP contribution in [-0.4, -0.2) is 26.0 Å². The van der Waals surface area contributed by atoms with Crippen molar-refractivity contribution in [3.05, 3.63) is 23.2 Å². The second kappa shape index (κ2) is 5.89. The molecule has 1 aromatic heterocycles. The summed E-state index contributed by atoms with van der Waals surface area (Å²) in [7, 11) is -2.94. The van der Waals surface area contributed by atoms with E-state index in [1.54, 1.807) is 6.92 Å². The molecule has 0 aliphatic heterocycles. The van der Waals surface area contributed by atoms with Gasteiger partial charge in [0.25, 0.3) is 0 Å². The lowest BCUT2D eigenvalue weighted by Crippen LogP contribution is -2.35. The molecule has 0 radical (unpaired) electrons. The zero-order valence-corrected chi connectivity index (χ0v) is 12.6. The fourth-order valence-electron chi connectivity index (χ4n) is 2.14. The van der Waals surface area contributed by atoms with Crippen molar-refractivity contribution in [3.8, 4) is 0 Å². The molecule has 1 rings (SSSR count). The molecule has 0 saturated heterocycles. The third-order valence-corrected chi connectivity index (χ3v) is 4.91. The highest BCUT2D eigenvalue weighted by Crippen LogP contribution is 2.21. The van der Waals surface area contributed by atoms with Gasteiger partial charge in [0.05, 0.1) is 5.75 Å². The minimum atomic E-state index is -2.94. The Morgan fingerprint density at radius 3 is 2.39 bits per heavy atom. The van der Waals surface area contributed by atoms with E-state index in [1.165, 1.54) is 0 Å². The van der Waals surface area contributed by atoms with E-state index in [0.717, 1.165) is 17.1 Å². The summed E-state index contributed by atoms with van der Waals surface area (Å²) in [5, 5.41) is 3.30. The van der Waals surface area contributed by atoms with Crippen LogP contribution in [0.4, 0.5) is 0 Å². The Labute approximate surface area is 110 Å². The molecule has 0 amide bonds.